The van der Waals surface area contributed by atoms with Crippen LogP contribution in [0, 0.1) is 27.7 Å². The number of aryl methyl sites for hydroxylation is 4. The summed E-state index contributed by atoms with van der Waals surface area (Å²) >= 11 is 1.71. The van der Waals surface area contributed by atoms with Gasteiger partial charge in [-0.15, -0.1) is 11.3 Å². The molecular formula is C17H20N4OS. The Kier molecular flexibility index (Phi) is 3.93. The Bertz CT molecular complexity index is 894. The van der Waals surface area contributed by atoms with E-state index in [9.17, 15) is 4.79 Å². The summed E-state index contributed by atoms with van der Waals surface area (Å²) < 4.78 is 1.75. The first kappa shape index (κ1) is 15.7. The van der Waals surface area contributed by atoms with Crippen molar-refractivity contribution in [1.29, 1.82) is 0 Å². The Morgan fingerprint density at radius 1 is 1.26 bits per heavy atom. The highest BCUT2D eigenvalue weighted by Crippen LogP contribution is 2.21. The van der Waals surface area contributed by atoms with E-state index in [-0.39, 0.29) is 5.91 Å². The maximum atomic E-state index is 12.9. The van der Waals surface area contributed by atoms with Crippen molar-refractivity contribution in [3.8, 4) is 0 Å². The summed E-state index contributed by atoms with van der Waals surface area (Å²) in [5.41, 5.74) is 3.81. The summed E-state index contributed by atoms with van der Waals surface area (Å²) in [4.78, 5) is 21.6. The van der Waals surface area contributed by atoms with Crippen LogP contribution < -0.4 is 0 Å². The van der Waals surface area contributed by atoms with E-state index in [2.05, 4.69) is 29.1 Å². The van der Waals surface area contributed by atoms with E-state index in [4.69, 9.17) is 0 Å². The maximum absolute atomic E-state index is 12.9. The molecule has 0 aliphatic rings. The predicted octanol–water partition coefficient (Wildman–Crippen LogP) is 3.30. The molecule has 0 saturated carbocycles. The molecule has 3 rings (SSSR count). The monoisotopic (exact) mass is 328 g/mol. The van der Waals surface area contributed by atoms with Gasteiger partial charge in [0.05, 0.1) is 12.2 Å². The molecule has 0 aromatic carbocycles. The lowest BCUT2D eigenvalue weighted by Crippen LogP contribution is -2.26. The number of fused-ring (bicyclic) bond motifs is 1. The van der Waals surface area contributed by atoms with Crippen LogP contribution >= 0.6 is 11.3 Å². The van der Waals surface area contributed by atoms with Crippen LogP contribution in [0.5, 0.6) is 0 Å². The minimum Gasteiger partial charge on any atom is -0.336 e. The number of hydrogen-bond donors (Lipinski definition) is 0. The fourth-order valence-electron chi connectivity index (χ4n) is 2.74. The van der Waals surface area contributed by atoms with Gasteiger partial charge in [0.1, 0.15) is 5.56 Å². The van der Waals surface area contributed by atoms with E-state index in [0.717, 1.165) is 11.4 Å². The van der Waals surface area contributed by atoms with Crippen LogP contribution in [0.25, 0.3) is 5.65 Å². The van der Waals surface area contributed by atoms with Gasteiger partial charge in [-0.05, 0) is 45.9 Å². The van der Waals surface area contributed by atoms with Crippen LogP contribution in [0.3, 0.4) is 0 Å². The Morgan fingerprint density at radius 2 is 2.00 bits per heavy atom. The smallest absolute Gasteiger partial charge is 0.259 e. The molecule has 0 radical (unpaired) electrons. The molecule has 0 aliphatic carbocycles. The van der Waals surface area contributed by atoms with Crippen molar-refractivity contribution < 1.29 is 4.79 Å². The predicted molar refractivity (Wildman–Crippen MR) is 92.1 cm³/mol. The number of amides is 1. The van der Waals surface area contributed by atoms with Gasteiger partial charge in [-0.2, -0.15) is 5.10 Å². The van der Waals surface area contributed by atoms with Crippen LogP contribution in [0.4, 0.5) is 0 Å². The van der Waals surface area contributed by atoms with Gasteiger partial charge in [-0.25, -0.2) is 9.50 Å². The molecule has 3 aromatic rings. The number of aromatic nitrogens is 3. The SMILES string of the molecule is Cc1cc(C)n2nc(C)c(C(=O)N(C)Cc3ccc(C)s3)c2n1. The van der Waals surface area contributed by atoms with Crippen LogP contribution in [0.15, 0.2) is 18.2 Å². The van der Waals surface area contributed by atoms with Gasteiger partial charge >= 0.3 is 0 Å². The van der Waals surface area contributed by atoms with Crippen molar-refractivity contribution in [2.45, 2.75) is 34.2 Å². The molecule has 1 amide bonds. The fraction of sp³-hybridized carbons (Fsp3) is 0.353. The second-order valence-corrected chi connectivity index (χ2v) is 7.28. The zero-order valence-electron chi connectivity index (χ0n) is 14.0. The molecule has 0 unspecified atom stereocenters. The van der Waals surface area contributed by atoms with Gasteiger partial charge in [0, 0.05) is 28.2 Å². The maximum Gasteiger partial charge on any atom is 0.259 e. The summed E-state index contributed by atoms with van der Waals surface area (Å²) in [6.07, 6.45) is 0. The summed E-state index contributed by atoms with van der Waals surface area (Å²) in [6.45, 7) is 8.43. The van der Waals surface area contributed by atoms with Gasteiger partial charge in [-0.1, -0.05) is 0 Å². The lowest BCUT2D eigenvalue weighted by Gasteiger charge is -2.16. The molecular weight excluding hydrogens is 308 g/mol. The average Bonchev–Trinajstić information content (AvgIpc) is 3.01. The highest BCUT2D eigenvalue weighted by Gasteiger charge is 2.22. The topological polar surface area (TPSA) is 50.5 Å². The lowest BCUT2D eigenvalue weighted by atomic mass is 10.2. The van der Waals surface area contributed by atoms with Crippen LogP contribution in [-0.2, 0) is 6.54 Å². The molecule has 0 spiro atoms. The Morgan fingerprint density at radius 3 is 2.65 bits per heavy atom. The van der Waals surface area contributed by atoms with Crippen molar-refractivity contribution in [2.75, 3.05) is 7.05 Å². The van der Waals surface area contributed by atoms with Gasteiger partial charge < -0.3 is 4.90 Å². The van der Waals surface area contributed by atoms with Gasteiger partial charge in [0.25, 0.3) is 5.91 Å². The first-order chi connectivity index (χ1) is 10.9. The van der Waals surface area contributed by atoms with Gasteiger partial charge in [0.2, 0.25) is 0 Å². The van der Waals surface area contributed by atoms with E-state index in [0.29, 0.717) is 23.4 Å². The van der Waals surface area contributed by atoms with Crippen molar-refractivity contribution in [1.82, 2.24) is 19.5 Å². The molecule has 0 saturated heterocycles. The van der Waals surface area contributed by atoms with E-state index >= 15 is 0 Å². The third-order valence-corrected chi connectivity index (χ3v) is 4.81. The minimum atomic E-state index is -0.0407. The molecule has 0 N–H and O–H groups in total. The summed E-state index contributed by atoms with van der Waals surface area (Å²) in [7, 11) is 1.82. The average molecular weight is 328 g/mol. The van der Waals surface area contributed by atoms with Crippen LogP contribution in [-0.4, -0.2) is 32.5 Å². The fourth-order valence-corrected chi connectivity index (χ4v) is 3.69. The number of nitrogens with zero attached hydrogens (tertiary/aromatic N) is 4. The molecule has 0 bridgehead atoms. The summed E-state index contributed by atoms with van der Waals surface area (Å²) in [5, 5.41) is 4.48. The van der Waals surface area contributed by atoms with E-state index in [1.54, 1.807) is 20.8 Å². The largest absolute Gasteiger partial charge is 0.336 e. The molecule has 0 aliphatic heterocycles. The number of carbonyl (C=O) groups excluding carboxylic acids is 1. The number of thiophene rings is 1. The first-order valence-electron chi connectivity index (χ1n) is 7.51. The molecule has 5 nitrogen and oxygen atoms in total. The molecule has 3 aromatic heterocycles. The Hall–Kier alpha value is -2.21. The van der Waals surface area contributed by atoms with Crippen molar-refractivity contribution >= 4 is 22.9 Å². The molecule has 3 heterocycles. The quantitative estimate of drug-likeness (QED) is 0.741. The summed E-state index contributed by atoms with van der Waals surface area (Å²) in [5.74, 6) is -0.0407. The summed E-state index contributed by atoms with van der Waals surface area (Å²) in [6, 6.07) is 6.11. The van der Waals surface area contributed by atoms with E-state index < -0.39 is 0 Å². The highest BCUT2D eigenvalue weighted by molar-refractivity contribution is 7.11. The molecule has 6 heteroatoms. The molecule has 0 fully saturated rings. The number of carbonyl (C=O) groups is 1. The third kappa shape index (κ3) is 2.86. The normalized spacial score (nSPS) is 11.2. The molecule has 23 heavy (non-hydrogen) atoms. The van der Waals surface area contributed by atoms with Crippen molar-refractivity contribution in [2.24, 2.45) is 0 Å². The van der Waals surface area contributed by atoms with Crippen molar-refractivity contribution in [3.63, 3.8) is 0 Å². The molecule has 0 atom stereocenters. The van der Waals surface area contributed by atoms with E-state index in [1.165, 1.54) is 9.75 Å². The second-order valence-electron chi connectivity index (χ2n) is 5.91. The van der Waals surface area contributed by atoms with Gasteiger partial charge in [-0.3, -0.25) is 4.79 Å². The highest BCUT2D eigenvalue weighted by atomic mass is 32.1. The number of hydrogen-bond acceptors (Lipinski definition) is 4. The van der Waals surface area contributed by atoms with E-state index in [1.807, 2.05) is 33.9 Å². The lowest BCUT2D eigenvalue weighted by molar-refractivity contribution is 0.0787. The zero-order chi connectivity index (χ0) is 16.7. The standard InChI is InChI=1S/C17H20N4OS/c1-10-8-11(2)21-16(18-10)15(13(4)19-21)17(22)20(5)9-14-7-6-12(3)23-14/h6-8H,9H2,1-5H3. The van der Waals surface area contributed by atoms with Crippen LogP contribution in [0.1, 0.15) is 37.2 Å². The van der Waals surface area contributed by atoms with Crippen LogP contribution in [0.2, 0.25) is 0 Å². The first-order valence-corrected chi connectivity index (χ1v) is 8.33. The third-order valence-electron chi connectivity index (χ3n) is 3.82. The Labute approximate surface area is 139 Å². The van der Waals surface area contributed by atoms with Crippen molar-refractivity contribution in [3.05, 3.63) is 50.6 Å². The number of rotatable bonds is 3. The second kappa shape index (κ2) is 5.77. The molecule has 120 valence electrons. The minimum absolute atomic E-state index is 0.0407. The zero-order valence-corrected chi connectivity index (χ0v) is 14.9. The van der Waals surface area contributed by atoms with Gasteiger partial charge in [0.15, 0.2) is 5.65 Å². The Balaban J connectivity index is 1.98.